The number of nitro groups is 1. The van der Waals surface area contributed by atoms with Gasteiger partial charge in [0.2, 0.25) is 0 Å². The number of aryl methyl sites for hydroxylation is 1. The van der Waals surface area contributed by atoms with Crippen LogP contribution in [0.25, 0.3) is 0 Å². The molecule has 0 heterocycles. The van der Waals surface area contributed by atoms with Gasteiger partial charge >= 0.3 is 0 Å². The molecule has 2 aromatic rings. The second kappa shape index (κ2) is 6.58. The lowest BCUT2D eigenvalue weighted by Gasteiger charge is -2.17. The number of amides is 1. The molecular weight excluding hydrogens is 304 g/mol. The zero-order valence-electron chi connectivity index (χ0n) is 12.2. The van der Waals surface area contributed by atoms with E-state index in [1.165, 1.54) is 12.1 Å². The molecule has 0 spiro atoms. The highest BCUT2D eigenvalue weighted by molar-refractivity contribution is 6.30. The van der Waals surface area contributed by atoms with Crippen LogP contribution in [0.5, 0.6) is 0 Å². The number of carbonyl (C=O) groups is 1. The molecule has 0 aliphatic rings. The molecule has 0 saturated carbocycles. The van der Waals surface area contributed by atoms with Crippen LogP contribution in [-0.4, -0.2) is 22.8 Å². The first-order valence-corrected chi connectivity index (χ1v) is 7.01. The molecule has 6 heteroatoms. The Morgan fingerprint density at radius 3 is 2.41 bits per heavy atom. The van der Waals surface area contributed by atoms with Gasteiger partial charge in [0.15, 0.2) is 0 Å². The number of nitrogens with zero attached hydrogens (tertiary/aromatic N) is 2. The van der Waals surface area contributed by atoms with Crippen molar-refractivity contribution in [3.63, 3.8) is 0 Å². The van der Waals surface area contributed by atoms with Gasteiger partial charge in [-0.15, -0.1) is 0 Å². The Kier molecular flexibility index (Phi) is 4.78. The Balaban J connectivity index is 2.15. The molecule has 0 atom stereocenters. The smallest absolute Gasteiger partial charge is 0.272 e. The summed E-state index contributed by atoms with van der Waals surface area (Å²) in [4.78, 5) is 24.3. The fourth-order valence-corrected chi connectivity index (χ4v) is 2.28. The van der Waals surface area contributed by atoms with Crippen LogP contribution in [0, 0.1) is 17.0 Å². The van der Waals surface area contributed by atoms with E-state index >= 15 is 0 Å². The molecule has 2 aromatic carbocycles. The van der Waals surface area contributed by atoms with Gasteiger partial charge in [0, 0.05) is 35.8 Å². The maximum absolute atomic E-state index is 12.4. The fraction of sp³-hybridized carbons (Fsp3) is 0.188. The summed E-state index contributed by atoms with van der Waals surface area (Å²) in [5.41, 5.74) is 1.87. The van der Waals surface area contributed by atoms with Crippen LogP contribution >= 0.6 is 11.6 Å². The quantitative estimate of drug-likeness (QED) is 0.635. The van der Waals surface area contributed by atoms with E-state index in [1.807, 2.05) is 12.1 Å². The summed E-state index contributed by atoms with van der Waals surface area (Å²) in [5.74, 6) is -0.187. The maximum atomic E-state index is 12.4. The third-order valence-corrected chi connectivity index (χ3v) is 3.57. The van der Waals surface area contributed by atoms with Crippen molar-refractivity contribution in [2.45, 2.75) is 13.5 Å². The topological polar surface area (TPSA) is 63.5 Å². The van der Waals surface area contributed by atoms with Gasteiger partial charge in [0.1, 0.15) is 0 Å². The predicted molar refractivity (Wildman–Crippen MR) is 85.1 cm³/mol. The molecule has 5 nitrogen and oxygen atoms in total. The van der Waals surface area contributed by atoms with Crippen LogP contribution in [0.1, 0.15) is 21.5 Å². The van der Waals surface area contributed by atoms with Crippen molar-refractivity contribution >= 4 is 23.2 Å². The minimum absolute atomic E-state index is 0.0110. The molecule has 0 bridgehead atoms. The minimum Gasteiger partial charge on any atom is -0.337 e. The Morgan fingerprint density at radius 1 is 1.23 bits per heavy atom. The van der Waals surface area contributed by atoms with Gasteiger partial charge in [-0.3, -0.25) is 14.9 Å². The van der Waals surface area contributed by atoms with Gasteiger partial charge in [-0.2, -0.15) is 0 Å². The first-order chi connectivity index (χ1) is 10.4. The van der Waals surface area contributed by atoms with Gasteiger partial charge < -0.3 is 4.90 Å². The van der Waals surface area contributed by atoms with Gasteiger partial charge in [-0.1, -0.05) is 23.7 Å². The number of benzene rings is 2. The molecule has 1 amide bonds. The summed E-state index contributed by atoms with van der Waals surface area (Å²) in [6.45, 7) is 2.06. The Labute approximate surface area is 133 Å². The first kappa shape index (κ1) is 16.0. The molecule has 0 aromatic heterocycles. The largest absolute Gasteiger partial charge is 0.337 e. The van der Waals surface area contributed by atoms with Crippen molar-refractivity contribution in [3.8, 4) is 0 Å². The predicted octanol–water partition coefficient (Wildman–Crippen LogP) is 3.83. The first-order valence-electron chi connectivity index (χ1n) is 6.63. The molecule has 0 fully saturated rings. The van der Waals surface area contributed by atoms with Gasteiger partial charge in [0.05, 0.1) is 4.92 Å². The van der Waals surface area contributed by atoms with E-state index in [9.17, 15) is 14.9 Å². The van der Waals surface area contributed by atoms with Crippen molar-refractivity contribution in [2.24, 2.45) is 0 Å². The summed E-state index contributed by atoms with van der Waals surface area (Å²) in [6, 6.07) is 11.6. The van der Waals surface area contributed by atoms with Crippen LogP contribution in [0.4, 0.5) is 5.69 Å². The molecule has 0 N–H and O–H groups in total. The second-order valence-electron chi connectivity index (χ2n) is 5.05. The average molecular weight is 319 g/mol. The number of hydrogen-bond acceptors (Lipinski definition) is 3. The zero-order chi connectivity index (χ0) is 16.3. The highest BCUT2D eigenvalue weighted by atomic mass is 35.5. The van der Waals surface area contributed by atoms with Crippen molar-refractivity contribution in [1.82, 2.24) is 4.90 Å². The average Bonchev–Trinajstić information content (AvgIpc) is 2.48. The lowest BCUT2D eigenvalue weighted by molar-refractivity contribution is -0.385. The monoisotopic (exact) mass is 318 g/mol. The fourth-order valence-electron chi connectivity index (χ4n) is 2.15. The van der Waals surface area contributed by atoms with Crippen molar-refractivity contribution in [3.05, 3.63) is 74.3 Å². The van der Waals surface area contributed by atoms with E-state index in [0.717, 1.165) is 5.56 Å². The van der Waals surface area contributed by atoms with Gasteiger partial charge in [-0.25, -0.2) is 0 Å². The molecule has 22 heavy (non-hydrogen) atoms. The summed E-state index contributed by atoms with van der Waals surface area (Å²) in [7, 11) is 1.69. The summed E-state index contributed by atoms with van der Waals surface area (Å²) < 4.78 is 0. The minimum atomic E-state index is -0.457. The highest BCUT2D eigenvalue weighted by Crippen LogP contribution is 2.20. The molecule has 0 saturated heterocycles. The van der Waals surface area contributed by atoms with E-state index in [4.69, 9.17) is 11.6 Å². The number of halogens is 1. The SMILES string of the molecule is Cc1cc(C(=O)N(C)Cc2ccc(Cl)cc2)ccc1[N+](=O)[O-]. The van der Waals surface area contributed by atoms with Gasteiger partial charge in [-0.05, 0) is 36.8 Å². The summed E-state index contributed by atoms with van der Waals surface area (Å²) >= 11 is 5.83. The third kappa shape index (κ3) is 3.62. The molecular formula is C16H15ClN2O3. The van der Waals surface area contributed by atoms with Crippen molar-refractivity contribution in [2.75, 3.05) is 7.05 Å². The number of hydrogen-bond donors (Lipinski definition) is 0. The third-order valence-electron chi connectivity index (χ3n) is 3.32. The Bertz CT molecular complexity index is 714. The maximum Gasteiger partial charge on any atom is 0.272 e. The molecule has 0 radical (unpaired) electrons. The normalized spacial score (nSPS) is 10.3. The van der Waals surface area contributed by atoms with E-state index in [-0.39, 0.29) is 11.6 Å². The zero-order valence-corrected chi connectivity index (χ0v) is 13.0. The van der Waals surface area contributed by atoms with Crippen LogP contribution in [0.3, 0.4) is 0 Å². The Hall–Kier alpha value is -2.40. The summed E-state index contributed by atoms with van der Waals surface area (Å²) in [5, 5.41) is 11.4. The van der Waals surface area contributed by atoms with E-state index < -0.39 is 4.92 Å². The second-order valence-corrected chi connectivity index (χ2v) is 5.48. The highest BCUT2D eigenvalue weighted by Gasteiger charge is 2.16. The van der Waals surface area contributed by atoms with Gasteiger partial charge in [0.25, 0.3) is 11.6 Å². The van der Waals surface area contributed by atoms with E-state index in [2.05, 4.69) is 0 Å². The standard InChI is InChI=1S/C16H15ClN2O3/c1-11-9-13(5-8-15(11)19(21)22)16(20)18(2)10-12-3-6-14(17)7-4-12/h3-9H,10H2,1-2H3. The van der Waals surface area contributed by atoms with Crippen LogP contribution in [0.15, 0.2) is 42.5 Å². The molecule has 2 rings (SSSR count). The Morgan fingerprint density at radius 2 is 1.86 bits per heavy atom. The molecule has 0 unspecified atom stereocenters. The van der Waals surface area contributed by atoms with Crippen molar-refractivity contribution in [1.29, 1.82) is 0 Å². The summed E-state index contributed by atoms with van der Waals surface area (Å²) in [6.07, 6.45) is 0. The molecule has 0 aliphatic carbocycles. The molecule has 114 valence electrons. The van der Waals surface area contributed by atoms with E-state index in [0.29, 0.717) is 22.7 Å². The van der Waals surface area contributed by atoms with Crippen molar-refractivity contribution < 1.29 is 9.72 Å². The van der Waals surface area contributed by atoms with Crippen LogP contribution < -0.4 is 0 Å². The van der Waals surface area contributed by atoms with E-state index in [1.54, 1.807) is 37.1 Å². The number of rotatable bonds is 4. The lowest BCUT2D eigenvalue weighted by atomic mass is 10.1. The lowest BCUT2D eigenvalue weighted by Crippen LogP contribution is -2.26. The van der Waals surface area contributed by atoms with Crippen LogP contribution in [-0.2, 0) is 6.54 Å². The number of nitro benzene ring substituents is 1. The van der Waals surface area contributed by atoms with Crippen LogP contribution in [0.2, 0.25) is 5.02 Å². The number of carbonyl (C=O) groups excluding carboxylic acids is 1. The molecule has 0 aliphatic heterocycles.